The third kappa shape index (κ3) is 3.62. The van der Waals surface area contributed by atoms with Crippen LogP contribution in [0.1, 0.15) is 32.6 Å². The summed E-state index contributed by atoms with van der Waals surface area (Å²) in [5.74, 6) is 3.87. The van der Waals surface area contributed by atoms with Gasteiger partial charge >= 0.3 is 5.97 Å². The number of carbonyl (C=O) groups excluding carboxylic acids is 1. The summed E-state index contributed by atoms with van der Waals surface area (Å²) in [5.41, 5.74) is 0. The van der Waals surface area contributed by atoms with Gasteiger partial charge in [-0.15, -0.1) is 0 Å². The molecule has 1 aliphatic carbocycles. The molecule has 1 amide bonds. The van der Waals surface area contributed by atoms with Gasteiger partial charge in [0, 0.05) is 6.04 Å². The molecule has 2 N–H and O–H groups in total. The molecule has 0 aromatic carbocycles. The molecule has 1 aliphatic rings. The minimum absolute atomic E-state index is 0.0190. The number of amides is 1. The molecular weight excluding hydrogens is 194 g/mol. The lowest BCUT2D eigenvalue weighted by molar-refractivity contribution is -0.138. The SMILES string of the molecule is CC#CC(=O)N[C@@H]1CCC[C@H]1CC(=O)O. The first-order valence-corrected chi connectivity index (χ1v) is 5.08. The van der Waals surface area contributed by atoms with Gasteiger partial charge in [-0.2, -0.15) is 0 Å². The van der Waals surface area contributed by atoms with E-state index in [-0.39, 0.29) is 24.3 Å². The van der Waals surface area contributed by atoms with E-state index in [2.05, 4.69) is 17.2 Å². The minimum Gasteiger partial charge on any atom is -0.481 e. The van der Waals surface area contributed by atoms with Crippen LogP contribution >= 0.6 is 0 Å². The van der Waals surface area contributed by atoms with Crippen molar-refractivity contribution in [1.82, 2.24) is 5.32 Å². The molecule has 0 aromatic rings. The van der Waals surface area contributed by atoms with Crippen LogP contribution in [0.5, 0.6) is 0 Å². The highest BCUT2D eigenvalue weighted by Gasteiger charge is 2.29. The Kier molecular flexibility index (Phi) is 4.17. The molecule has 82 valence electrons. The van der Waals surface area contributed by atoms with Gasteiger partial charge in [0.05, 0.1) is 6.42 Å². The van der Waals surface area contributed by atoms with Gasteiger partial charge in [0.2, 0.25) is 0 Å². The van der Waals surface area contributed by atoms with Crippen molar-refractivity contribution in [3.05, 3.63) is 0 Å². The van der Waals surface area contributed by atoms with Crippen LogP contribution in [0.2, 0.25) is 0 Å². The summed E-state index contributed by atoms with van der Waals surface area (Å²) in [7, 11) is 0. The zero-order valence-electron chi connectivity index (χ0n) is 8.75. The molecule has 2 atom stereocenters. The number of hydrogen-bond acceptors (Lipinski definition) is 2. The zero-order valence-corrected chi connectivity index (χ0v) is 8.75. The molecule has 15 heavy (non-hydrogen) atoms. The third-order valence-corrected chi connectivity index (χ3v) is 2.65. The molecule has 0 heterocycles. The number of nitrogens with one attached hydrogen (secondary N) is 1. The van der Waals surface area contributed by atoms with Crippen molar-refractivity contribution in [2.75, 3.05) is 0 Å². The Bertz CT molecular complexity index is 314. The standard InChI is InChI=1S/C11H15NO3/c1-2-4-10(13)12-9-6-3-5-8(9)7-11(14)15/h8-9H,3,5-7H2,1H3,(H,12,13)(H,14,15)/t8-,9+/m0/s1. The zero-order chi connectivity index (χ0) is 11.3. The average Bonchev–Trinajstić information content (AvgIpc) is 2.52. The van der Waals surface area contributed by atoms with Crippen LogP contribution < -0.4 is 5.32 Å². The fourth-order valence-corrected chi connectivity index (χ4v) is 2.01. The summed E-state index contributed by atoms with van der Waals surface area (Å²) >= 11 is 0. The number of carboxylic acid groups (broad SMARTS) is 1. The van der Waals surface area contributed by atoms with Gasteiger partial charge in [-0.05, 0) is 31.6 Å². The molecule has 0 saturated heterocycles. The van der Waals surface area contributed by atoms with E-state index in [1.807, 2.05) is 0 Å². The Morgan fingerprint density at radius 1 is 1.47 bits per heavy atom. The lowest BCUT2D eigenvalue weighted by Gasteiger charge is -2.17. The quantitative estimate of drug-likeness (QED) is 0.675. The molecule has 1 rings (SSSR count). The molecule has 0 aromatic heterocycles. The topological polar surface area (TPSA) is 66.4 Å². The lowest BCUT2D eigenvalue weighted by Crippen LogP contribution is -2.37. The maximum Gasteiger partial charge on any atom is 0.303 e. The van der Waals surface area contributed by atoms with Crippen molar-refractivity contribution in [2.45, 2.75) is 38.6 Å². The van der Waals surface area contributed by atoms with Crippen molar-refractivity contribution in [1.29, 1.82) is 0 Å². The summed E-state index contributed by atoms with van der Waals surface area (Å²) < 4.78 is 0. The maximum absolute atomic E-state index is 11.2. The minimum atomic E-state index is -0.803. The van der Waals surface area contributed by atoms with Crippen molar-refractivity contribution in [3.8, 4) is 11.8 Å². The van der Waals surface area contributed by atoms with Crippen LogP contribution in [-0.2, 0) is 9.59 Å². The first kappa shape index (κ1) is 11.6. The second-order valence-corrected chi connectivity index (χ2v) is 3.74. The van der Waals surface area contributed by atoms with Gasteiger partial charge in [0.15, 0.2) is 0 Å². The monoisotopic (exact) mass is 209 g/mol. The van der Waals surface area contributed by atoms with Crippen molar-refractivity contribution < 1.29 is 14.7 Å². The second-order valence-electron chi connectivity index (χ2n) is 3.74. The summed E-state index contributed by atoms with van der Waals surface area (Å²) in [6.45, 7) is 1.60. The van der Waals surface area contributed by atoms with E-state index in [0.717, 1.165) is 19.3 Å². The smallest absolute Gasteiger partial charge is 0.303 e. The van der Waals surface area contributed by atoms with Crippen LogP contribution in [0.25, 0.3) is 0 Å². The number of hydrogen-bond donors (Lipinski definition) is 2. The maximum atomic E-state index is 11.2. The van der Waals surface area contributed by atoms with E-state index in [1.54, 1.807) is 6.92 Å². The summed E-state index contributed by atoms with van der Waals surface area (Å²) in [6, 6.07) is -0.0190. The van der Waals surface area contributed by atoms with E-state index in [0.29, 0.717) is 0 Å². The molecule has 0 unspecified atom stereocenters. The Morgan fingerprint density at radius 2 is 2.20 bits per heavy atom. The predicted molar refractivity (Wildman–Crippen MR) is 55.0 cm³/mol. The van der Waals surface area contributed by atoms with E-state index in [1.165, 1.54) is 0 Å². The fraction of sp³-hybridized carbons (Fsp3) is 0.636. The molecule has 0 radical (unpaired) electrons. The third-order valence-electron chi connectivity index (χ3n) is 2.65. The predicted octanol–water partition coefficient (Wildman–Crippen LogP) is 0.769. The summed E-state index contributed by atoms with van der Waals surface area (Å²) in [5, 5.41) is 11.4. The van der Waals surface area contributed by atoms with Gasteiger partial charge in [-0.3, -0.25) is 9.59 Å². The normalized spacial score (nSPS) is 24.1. The van der Waals surface area contributed by atoms with Crippen LogP contribution in [0.4, 0.5) is 0 Å². The van der Waals surface area contributed by atoms with E-state index in [9.17, 15) is 9.59 Å². The van der Waals surface area contributed by atoms with Crippen LogP contribution in [0.3, 0.4) is 0 Å². The Labute approximate surface area is 89.0 Å². The molecular formula is C11H15NO3. The van der Waals surface area contributed by atoms with Crippen molar-refractivity contribution >= 4 is 11.9 Å². The average molecular weight is 209 g/mol. The summed E-state index contributed by atoms with van der Waals surface area (Å²) in [4.78, 5) is 21.8. The highest BCUT2D eigenvalue weighted by molar-refractivity contribution is 5.93. The van der Waals surface area contributed by atoms with E-state index in [4.69, 9.17) is 5.11 Å². The molecule has 0 bridgehead atoms. The first-order chi connectivity index (χ1) is 7.13. The Morgan fingerprint density at radius 3 is 2.80 bits per heavy atom. The van der Waals surface area contributed by atoms with Crippen LogP contribution in [-0.4, -0.2) is 23.0 Å². The van der Waals surface area contributed by atoms with Crippen molar-refractivity contribution in [3.63, 3.8) is 0 Å². The molecule has 0 spiro atoms. The largest absolute Gasteiger partial charge is 0.481 e. The molecule has 1 fully saturated rings. The fourth-order valence-electron chi connectivity index (χ4n) is 2.01. The van der Waals surface area contributed by atoms with E-state index < -0.39 is 5.97 Å². The van der Waals surface area contributed by atoms with E-state index >= 15 is 0 Å². The van der Waals surface area contributed by atoms with Gasteiger partial charge in [0.25, 0.3) is 5.91 Å². The number of rotatable bonds is 3. The highest BCUT2D eigenvalue weighted by atomic mass is 16.4. The van der Waals surface area contributed by atoms with Gasteiger partial charge < -0.3 is 10.4 Å². The summed E-state index contributed by atoms with van der Waals surface area (Å²) in [6.07, 6.45) is 2.83. The number of aliphatic carboxylic acids is 1. The molecule has 4 nitrogen and oxygen atoms in total. The number of carboxylic acids is 1. The first-order valence-electron chi connectivity index (χ1n) is 5.08. The lowest BCUT2D eigenvalue weighted by atomic mass is 10.00. The second kappa shape index (κ2) is 5.40. The van der Waals surface area contributed by atoms with Gasteiger partial charge in [-0.25, -0.2) is 0 Å². The Balaban J connectivity index is 2.48. The van der Waals surface area contributed by atoms with Gasteiger partial charge in [0.1, 0.15) is 0 Å². The van der Waals surface area contributed by atoms with Crippen molar-refractivity contribution in [2.24, 2.45) is 5.92 Å². The molecule has 0 aliphatic heterocycles. The molecule has 4 heteroatoms. The van der Waals surface area contributed by atoms with Crippen LogP contribution in [0, 0.1) is 17.8 Å². The van der Waals surface area contributed by atoms with Crippen LogP contribution in [0.15, 0.2) is 0 Å². The Hall–Kier alpha value is -1.50. The molecule has 1 saturated carbocycles. The van der Waals surface area contributed by atoms with Gasteiger partial charge in [-0.1, -0.05) is 12.3 Å². The number of carbonyl (C=O) groups is 2. The highest BCUT2D eigenvalue weighted by Crippen LogP contribution is 2.28.